The first-order valence-corrected chi connectivity index (χ1v) is 9.39. The SMILES string of the molecule is O=C(O)[C@@H]1CN(C(=O)C2CC(c3ccc(O)cc3)NN2)C[C@H]1c1ccccc1. The van der Waals surface area contributed by atoms with Crippen molar-refractivity contribution in [1.82, 2.24) is 15.8 Å². The molecule has 7 nitrogen and oxygen atoms in total. The van der Waals surface area contributed by atoms with Gasteiger partial charge >= 0.3 is 5.97 Å². The van der Waals surface area contributed by atoms with Crippen LogP contribution in [0.4, 0.5) is 0 Å². The second-order valence-electron chi connectivity index (χ2n) is 7.43. The van der Waals surface area contributed by atoms with Crippen LogP contribution in [0.2, 0.25) is 0 Å². The van der Waals surface area contributed by atoms with E-state index in [1.165, 1.54) is 0 Å². The summed E-state index contributed by atoms with van der Waals surface area (Å²) in [5.41, 5.74) is 8.10. The molecule has 1 amide bonds. The fourth-order valence-corrected chi connectivity index (χ4v) is 4.14. The number of benzene rings is 2. The van der Waals surface area contributed by atoms with Crippen LogP contribution in [0.25, 0.3) is 0 Å². The highest BCUT2D eigenvalue weighted by atomic mass is 16.4. The molecule has 7 heteroatoms. The third-order valence-electron chi connectivity index (χ3n) is 5.67. The molecule has 2 heterocycles. The van der Waals surface area contributed by atoms with Crippen LogP contribution in [0.3, 0.4) is 0 Å². The molecule has 2 aromatic carbocycles. The average Bonchev–Trinajstić information content (AvgIpc) is 3.37. The number of hydrogen-bond donors (Lipinski definition) is 4. The number of hydrazine groups is 1. The Morgan fingerprint density at radius 3 is 2.32 bits per heavy atom. The monoisotopic (exact) mass is 381 g/mol. The van der Waals surface area contributed by atoms with Gasteiger partial charge in [0.15, 0.2) is 0 Å². The number of rotatable bonds is 4. The number of amides is 1. The first-order chi connectivity index (χ1) is 13.5. The van der Waals surface area contributed by atoms with Crippen LogP contribution in [0, 0.1) is 5.92 Å². The lowest BCUT2D eigenvalue weighted by atomic mass is 9.89. The Morgan fingerprint density at radius 2 is 1.64 bits per heavy atom. The largest absolute Gasteiger partial charge is 0.508 e. The smallest absolute Gasteiger partial charge is 0.308 e. The lowest BCUT2D eigenvalue weighted by Gasteiger charge is -2.20. The number of phenols is 1. The molecule has 2 aliphatic heterocycles. The molecule has 0 spiro atoms. The van der Waals surface area contributed by atoms with Crippen LogP contribution in [-0.2, 0) is 9.59 Å². The van der Waals surface area contributed by atoms with Gasteiger partial charge in [0.2, 0.25) is 5.91 Å². The number of carbonyl (C=O) groups is 2. The summed E-state index contributed by atoms with van der Waals surface area (Å²) in [6.45, 7) is 0.623. The summed E-state index contributed by atoms with van der Waals surface area (Å²) in [6.07, 6.45) is 0.563. The van der Waals surface area contributed by atoms with E-state index >= 15 is 0 Å². The minimum Gasteiger partial charge on any atom is -0.508 e. The van der Waals surface area contributed by atoms with Gasteiger partial charge in [0.25, 0.3) is 0 Å². The van der Waals surface area contributed by atoms with Crippen molar-refractivity contribution in [3.05, 3.63) is 65.7 Å². The Labute approximate surface area is 163 Å². The van der Waals surface area contributed by atoms with Crippen LogP contribution in [0.5, 0.6) is 5.75 Å². The number of carboxylic acid groups (broad SMARTS) is 1. The summed E-state index contributed by atoms with van der Waals surface area (Å²) in [5, 5.41) is 19.1. The van der Waals surface area contributed by atoms with E-state index in [1.807, 2.05) is 42.5 Å². The second-order valence-corrected chi connectivity index (χ2v) is 7.43. The summed E-state index contributed by atoms with van der Waals surface area (Å²) in [4.78, 5) is 26.4. The Hall–Kier alpha value is -2.90. The minimum absolute atomic E-state index is 0.0441. The normalized spacial score (nSPS) is 27.1. The first-order valence-electron chi connectivity index (χ1n) is 9.39. The highest BCUT2D eigenvalue weighted by Gasteiger charge is 2.43. The zero-order valence-electron chi connectivity index (χ0n) is 15.3. The van der Waals surface area contributed by atoms with Crippen LogP contribution >= 0.6 is 0 Å². The number of nitrogens with zero attached hydrogens (tertiary/aromatic N) is 1. The molecule has 0 saturated carbocycles. The van der Waals surface area contributed by atoms with Crippen molar-refractivity contribution >= 4 is 11.9 Å². The van der Waals surface area contributed by atoms with Crippen LogP contribution in [-0.4, -0.2) is 46.1 Å². The van der Waals surface area contributed by atoms with E-state index in [0.717, 1.165) is 11.1 Å². The van der Waals surface area contributed by atoms with Crippen molar-refractivity contribution < 1.29 is 19.8 Å². The zero-order valence-corrected chi connectivity index (χ0v) is 15.3. The Balaban J connectivity index is 1.45. The van der Waals surface area contributed by atoms with Crippen molar-refractivity contribution in [1.29, 1.82) is 0 Å². The number of carbonyl (C=O) groups excluding carboxylic acids is 1. The molecule has 4 N–H and O–H groups in total. The summed E-state index contributed by atoms with van der Waals surface area (Å²) in [6, 6.07) is 16.0. The maximum atomic E-state index is 13.0. The van der Waals surface area contributed by atoms with Crippen molar-refractivity contribution in [2.75, 3.05) is 13.1 Å². The van der Waals surface area contributed by atoms with Crippen LogP contribution in [0.15, 0.2) is 54.6 Å². The fourth-order valence-electron chi connectivity index (χ4n) is 4.14. The number of nitrogens with one attached hydrogen (secondary N) is 2. The van der Waals surface area contributed by atoms with Crippen molar-refractivity contribution in [2.45, 2.75) is 24.4 Å². The number of likely N-dealkylation sites (tertiary alicyclic amines) is 1. The van der Waals surface area contributed by atoms with E-state index in [2.05, 4.69) is 10.9 Å². The van der Waals surface area contributed by atoms with E-state index < -0.39 is 17.9 Å². The first kappa shape index (κ1) is 18.5. The summed E-state index contributed by atoms with van der Waals surface area (Å²) >= 11 is 0. The molecular weight excluding hydrogens is 358 g/mol. The maximum Gasteiger partial charge on any atom is 0.308 e. The van der Waals surface area contributed by atoms with Crippen molar-refractivity contribution in [3.63, 3.8) is 0 Å². The molecule has 2 unspecified atom stereocenters. The minimum atomic E-state index is -0.872. The van der Waals surface area contributed by atoms with E-state index in [4.69, 9.17) is 0 Å². The van der Waals surface area contributed by atoms with Gasteiger partial charge in [0.1, 0.15) is 11.8 Å². The Kier molecular flexibility index (Phi) is 5.02. The van der Waals surface area contributed by atoms with Gasteiger partial charge < -0.3 is 15.1 Å². The van der Waals surface area contributed by atoms with Gasteiger partial charge in [-0.15, -0.1) is 0 Å². The van der Waals surface area contributed by atoms with E-state index in [-0.39, 0.29) is 30.2 Å². The molecule has 2 fully saturated rings. The van der Waals surface area contributed by atoms with E-state index in [1.54, 1.807) is 17.0 Å². The van der Waals surface area contributed by atoms with Crippen molar-refractivity contribution in [3.8, 4) is 5.75 Å². The van der Waals surface area contributed by atoms with Gasteiger partial charge in [-0.25, -0.2) is 10.9 Å². The third-order valence-corrected chi connectivity index (χ3v) is 5.67. The Morgan fingerprint density at radius 1 is 0.929 bits per heavy atom. The van der Waals surface area contributed by atoms with Gasteiger partial charge in [0.05, 0.1) is 5.92 Å². The van der Waals surface area contributed by atoms with Crippen LogP contribution in [0.1, 0.15) is 29.5 Å². The molecule has 0 radical (unpaired) electrons. The number of aliphatic carboxylic acids is 1. The fraction of sp³-hybridized carbons (Fsp3) is 0.333. The quantitative estimate of drug-likeness (QED) is 0.642. The van der Waals surface area contributed by atoms with Crippen molar-refractivity contribution in [2.24, 2.45) is 5.92 Å². The summed E-state index contributed by atoms with van der Waals surface area (Å²) in [7, 11) is 0. The van der Waals surface area contributed by atoms with Gasteiger partial charge in [0, 0.05) is 25.0 Å². The topological polar surface area (TPSA) is 102 Å². The van der Waals surface area contributed by atoms with Gasteiger partial charge in [-0.05, 0) is 29.7 Å². The predicted octanol–water partition coefficient (Wildman–Crippen LogP) is 1.63. The molecule has 4 atom stereocenters. The molecule has 0 aromatic heterocycles. The predicted molar refractivity (Wildman–Crippen MR) is 102 cm³/mol. The van der Waals surface area contributed by atoms with Gasteiger partial charge in [-0.3, -0.25) is 9.59 Å². The lowest BCUT2D eigenvalue weighted by molar-refractivity contribution is -0.142. The number of aromatic hydroxyl groups is 1. The molecule has 146 valence electrons. The van der Waals surface area contributed by atoms with E-state index in [9.17, 15) is 19.8 Å². The molecule has 2 aliphatic rings. The Bertz CT molecular complexity index is 856. The highest BCUT2D eigenvalue weighted by Crippen LogP contribution is 2.34. The van der Waals surface area contributed by atoms with Crippen LogP contribution < -0.4 is 10.9 Å². The molecule has 2 saturated heterocycles. The average molecular weight is 381 g/mol. The molecule has 0 aliphatic carbocycles. The molecular formula is C21H23N3O4. The molecule has 28 heavy (non-hydrogen) atoms. The number of phenolic OH excluding ortho intramolecular Hbond substituents is 1. The van der Waals surface area contributed by atoms with Gasteiger partial charge in [-0.1, -0.05) is 42.5 Å². The number of hydrogen-bond acceptors (Lipinski definition) is 5. The maximum absolute atomic E-state index is 13.0. The standard InChI is InChI=1S/C21H23N3O4/c25-15-8-6-14(7-9-15)18-10-19(23-22-18)20(26)24-11-16(17(12-24)21(27)28)13-4-2-1-3-5-13/h1-9,16-19,22-23,25H,10-12H2,(H,27,28)/t16-,17+,18?,19?/m0/s1. The summed E-state index contributed by atoms with van der Waals surface area (Å²) in [5.74, 6) is -1.56. The molecule has 2 aromatic rings. The molecule has 4 rings (SSSR count). The summed E-state index contributed by atoms with van der Waals surface area (Å²) < 4.78 is 0. The zero-order chi connectivity index (χ0) is 19.7. The molecule has 0 bridgehead atoms. The number of carboxylic acids is 1. The van der Waals surface area contributed by atoms with E-state index in [0.29, 0.717) is 13.0 Å². The second kappa shape index (κ2) is 7.61. The highest BCUT2D eigenvalue weighted by molar-refractivity contribution is 5.84. The lowest BCUT2D eigenvalue weighted by Crippen LogP contribution is -2.45. The van der Waals surface area contributed by atoms with Gasteiger partial charge in [-0.2, -0.15) is 0 Å². The third kappa shape index (κ3) is 3.58.